The number of anilines is 1. The Bertz CT molecular complexity index is 346. The van der Waals surface area contributed by atoms with E-state index in [2.05, 4.69) is 36.9 Å². The molecule has 2 rings (SSSR count). The lowest BCUT2D eigenvalue weighted by Crippen LogP contribution is -2.21. The molecule has 1 aromatic rings. The summed E-state index contributed by atoms with van der Waals surface area (Å²) in [6, 6.07) is 6.60. The van der Waals surface area contributed by atoms with Gasteiger partial charge in [0.2, 0.25) is 0 Å². The molecule has 82 valence electrons. The minimum atomic E-state index is 0.641. The molecule has 1 fully saturated rings. The van der Waals surface area contributed by atoms with Crippen LogP contribution < -0.4 is 10.6 Å². The van der Waals surface area contributed by atoms with Crippen molar-refractivity contribution in [3.05, 3.63) is 29.3 Å². The van der Waals surface area contributed by atoms with Crippen LogP contribution in [0.2, 0.25) is 0 Å². The first-order valence-electron chi connectivity index (χ1n) is 5.75. The molecule has 0 spiro atoms. The second-order valence-corrected chi connectivity index (χ2v) is 4.68. The summed E-state index contributed by atoms with van der Waals surface area (Å²) in [5, 5.41) is 0. The molecular weight excluding hydrogens is 184 g/mol. The average Bonchev–Trinajstić information content (AvgIpc) is 2.64. The minimum Gasteiger partial charge on any atom is -0.371 e. The molecule has 2 heteroatoms. The zero-order valence-corrected chi connectivity index (χ0v) is 9.66. The van der Waals surface area contributed by atoms with Gasteiger partial charge < -0.3 is 10.6 Å². The van der Waals surface area contributed by atoms with E-state index in [-0.39, 0.29) is 0 Å². The number of nitrogens with two attached hydrogens (primary N) is 1. The number of rotatable bonds is 2. The van der Waals surface area contributed by atoms with Gasteiger partial charge in [0.15, 0.2) is 0 Å². The molecule has 2 N–H and O–H groups in total. The van der Waals surface area contributed by atoms with E-state index in [4.69, 9.17) is 5.73 Å². The Kier molecular flexibility index (Phi) is 2.96. The van der Waals surface area contributed by atoms with E-state index in [0.717, 1.165) is 5.92 Å². The maximum atomic E-state index is 5.80. The van der Waals surface area contributed by atoms with Crippen molar-refractivity contribution in [2.45, 2.75) is 26.8 Å². The van der Waals surface area contributed by atoms with Gasteiger partial charge in [-0.3, -0.25) is 0 Å². The van der Waals surface area contributed by atoms with Crippen LogP contribution in [0.3, 0.4) is 0 Å². The van der Waals surface area contributed by atoms with E-state index in [1.165, 1.54) is 36.3 Å². The lowest BCUT2D eigenvalue weighted by atomic mass is 10.1. The Morgan fingerprint density at radius 1 is 1.47 bits per heavy atom. The summed E-state index contributed by atoms with van der Waals surface area (Å²) >= 11 is 0. The standard InChI is InChI=1S/C13H20N2/c1-10-3-4-13(12(7-10)8-14)15-6-5-11(2)9-15/h3-4,7,11H,5-6,8-9,14H2,1-2H3. The molecule has 0 radical (unpaired) electrons. The minimum absolute atomic E-state index is 0.641. The van der Waals surface area contributed by atoms with Crippen LogP contribution in [0.15, 0.2) is 18.2 Å². The molecule has 1 aromatic carbocycles. The summed E-state index contributed by atoms with van der Waals surface area (Å²) < 4.78 is 0. The highest BCUT2D eigenvalue weighted by Crippen LogP contribution is 2.27. The molecule has 0 bridgehead atoms. The third-order valence-corrected chi connectivity index (χ3v) is 3.22. The van der Waals surface area contributed by atoms with Crippen LogP contribution >= 0.6 is 0 Å². The fourth-order valence-corrected chi connectivity index (χ4v) is 2.34. The fourth-order valence-electron chi connectivity index (χ4n) is 2.34. The highest BCUT2D eigenvalue weighted by atomic mass is 15.2. The fraction of sp³-hybridized carbons (Fsp3) is 0.538. The smallest absolute Gasteiger partial charge is 0.0412 e. The normalized spacial score (nSPS) is 21.0. The van der Waals surface area contributed by atoms with Gasteiger partial charge in [-0.05, 0) is 30.9 Å². The number of nitrogens with zero attached hydrogens (tertiary/aromatic N) is 1. The van der Waals surface area contributed by atoms with Gasteiger partial charge in [0, 0.05) is 25.3 Å². The monoisotopic (exact) mass is 204 g/mol. The number of hydrogen-bond acceptors (Lipinski definition) is 2. The van der Waals surface area contributed by atoms with E-state index in [1.54, 1.807) is 0 Å². The van der Waals surface area contributed by atoms with Gasteiger partial charge in [-0.15, -0.1) is 0 Å². The van der Waals surface area contributed by atoms with Gasteiger partial charge in [0.05, 0.1) is 0 Å². The molecule has 2 nitrogen and oxygen atoms in total. The molecule has 15 heavy (non-hydrogen) atoms. The number of aryl methyl sites for hydroxylation is 1. The van der Waals surface area contributed by atoms with Crippen molar-refractivity contribution in [3.8, 4) is 0 Å². The quantitative estimate of drug-likeness (QED) is 0.801. The maximum Gasteiger partial charge on any atom is 0.0412 e. The Morgan fingerprint density at radius 3 is 2.87 bits per heavy atom. The summed E-state index contributed by atoms with van der Waals surface area (Å²) in [5.41, 5.74) is 9.71. The summed E-state index contributed by atoms with van der Waals surface area (Å²) in [6.07, 6.45) is 1.30. The molecule has 0 aliphatic carbocycles. The predicted molar refractivity (Wildman–Crippen MR) is 65.1 cm³/mol. The first kappa shape index (κ1) is 10.5. The molecule has 1 heterocycles. The van der Waals surface area contributed by atoms with Gasteiger partial charge in [0.1, 0.15) is 0 Å². The Balaban J connectivity index is 2.27. The van der Waals surface area contributed by atoms with Crippen molar-refractivity contribution in [1.82, 2.24) is 0 Å². The third kappa shape index (κ3) is 2.15. The van der Waals surface area contributed by atoms with Crippen molar-refractivity contribution in [2.24, 2.45) is 11.7 Å². The molecular formula is C13H20N2. The largest absolute Gasteiger partial charge is 0.371 e. The van der Waals surface area contributed by atoms with E-state index in [9.17, 15) is 0 Å². The lowest BCUT2D eigenvalue weighted by Gasteiger charge is -2.21. The Hall–Kier alpha value is -1.02. The van der Waals surface area contributed by atoms with Crippen LogP contribution in [0.4, 0.5) is 5.69 Å². The van der Waals surface area contributed by atoms with Gasteiger partial charge >= 0.3 is 0 Å². The van der Waals surface area contributed by atoms with Crippen molar-refractivity contribution in [3.63, 3.8) is 0 Å². The number of hydrogen-bond donors (Lipinski definition) is 1. The van der Waals surface area contributed by atoms with Crippen molar-refractivity contribution >= 4 is 5.69 Å². The number of benzene rings is 1. The summed E-state index contributed by atoms with van der Waals surface area (Å²) in [4.78, 5) is 2.46. The van der Waals surface area contributed by atoms with E-state index in [0.29, 0.717) is 6.54 Å². The van der Waals surface area contributed by atoms with E-state index < -0.39 is 0 Å². The van der Waals surface area contributed by atoms with Crippen LogP contribution in [-0.2, 0) is 6.54 Å². The highest BCUT2D eigenvalue weighted by molar-refractivity contribution is 5.55. The first-order valence-corrected chi connectivity index (χ1v) is 5.75. The molecule has 0 aromatic heterocycles. The van der Waals surface area contributed by atoms with E-state index in [1.807, 2.05) is 0 Å². The molecule has 1 atom stereocenters. The highest BCUT2D eigenvalue weighted by Gasteiger charge is 2.20. The second kappa shape index (κ2) is 4.23. The van der Waals surface area contributed by atoms with Crippen LogP contribution in [0.1, 0.15) is 24.5 Å². The molecule has 1 unspecified atom stereocenters. The molecule has 1 aliphatic heterocycles. The summed E-state index contributed by atoms with van der Waals surface area (Å²) in [7, 11) is 0. The van der Waals surface area contributed by atoms with Crippen molar-refractivity contribution < 1.29 is 0 Å². The van der Waals surface area contributed by atoms with Crippen LogP contribution in [0, 0.1) is 12.8 Å². The van der Waals surface area contributed by atoms with Crippen LogP contribution in [-0.4, -0.2) is 13.1 Å². The lowest BCUT2D eigenvalue weighted by molar-refractivity contribution is 0.659. The third-order valence-electron chi connectivity index (χ3n) is 3.22. The van der Waals surface area contributed by atoms with Crippen molar-refractivity contribution in [1.29, 1.82) is 0 Å². The molecule has 1 saturated heterocycles. The molecule has 1 aliphatic rings. The van der Waals surface area contributed by atoms with Gasteiger partial charge in [-0.2, -0.15) is 0 Å². The van der Waals surface area contributed by atoms with E-state index >= 15 is 0 Å². The zero-order chi connectivity index (χ0) is 10.8. The zero-order valence-electron chi connectivity index (χ0n) is 9.66. The molecule has 0 amide bonds. The Morgan fingerprint density at radius 2 is 2.27 bits per heavy atom. The Labute approximate surface area is 92.1 Å². The van der Waals surface area contributed by atoms with Gasteiger partial charge in [-0.1, -0.05) is 24.6 Å². The van der Waals surface area contributed by atoms with Gasteiger partial charge in [0.25, 0.3) is 0 Å². The maximum absolute atomic E-state index is 5.80. The average molecular weight is 204 g/mol. The SMILES string of the molecule is Cc1ccc(N2CCC(C)C2)c(CN)c1. The van der Waals surface area contributed by atoms with Crippen molar-refractivity contribution in [2.75, 3.05) is 18.0 Å². The van der Waals surface area contributed by atoms with Crippen LogP contribution in [0.25, 0.3) is 0 Å². The van der Waals surface area contributed by atoms with Crippen LogP contribution in [0.5, 0.6) is 0 Å². The second-order valence-electron chi connectivity index (χ2n) is 4.68. The first-order chi connectivity index (χ1) is 7.20. The summed E-state index contributed by atoms with van der Waals surface area (Å²) in [5.74, 6) is 0.817. The topological polar surface area (TPSA) is 29.3 Å². The predicted octanol–water partition coefficient (Wildman–Crippen LogP) is 2.30. The van der Waals surface area contributed by atoms with Gasteiger partial charge in [-0.25, -0.2) is 0 Å². The molecule has 0 saturated carbocycles. The summed E-state index contributed by atoms with van der Waals surface area (Å²) in [6.45, 7) is 7.43.